The van der Waals surface area contributed by atoms with Gasteiger partial charge in [-0.05, 0) is 32.0 Å². The summed E-state index contributed by atoms with van der Waals surface area (Å²) in [6.07, 6.45) is 5.20. The molecule has 4 heterocycles. The normalized spacial score (nSPS) is 17.9. The Labute approximate surface area is 162 Å². The summed E-state index contributed by atoms with van der Waals surface area (Å²) in [5, 5.41) is 13.4. The highest BCUT2D eigenvalue weighted by molar-refractivity contribution is 5.48. The monoisotopic (exact) mass is 380 g/mol. The fourth-order valence-electron chi connectivity index (χ4n) is 3.82. The average molecular weight is 380 g/mol. The molecule has 1 aliphatic heterocycles. The van der Waals surface area contributed by atoms with Gasteiger partial charge in [0.05, 0.1) is 6.54 Å². The van der Waals surface area contributed by atoms with Gasteiger partial charge in [0.2, 0.25) is 0 Å². The first-order chi connectivity index (χ1) is 13.6. The Morgan fingerprint density at radius 1 is 1.18 bits per heavy atom. The maximum Gasteiger partial charge on any atom is 0.253 e. The SMILES string of the molecule is CN(Cc1nccc(=O)n1C)C1CN(c2ccc3nnc(C4CCC4)n3n2)C1. The first-order valence-corrected chi connectivity index (χ1v) is 9.78. The molecule has 3 aromatic rings. The molecule has 5 rings (SSSR count). The molecule has 0 unspecified atom stereocenters. The molecular weight excluding hydrogens is 356 g/mol. The maximum absolute atomic E-state index is 11.8. The molecule has 0 spiro atoms. The van der Waals surface area contributed by atoms with Crippen LogP contribution in [0, 0.1) is 0 Å². The van der Waals surface area contributed by atoms with Gasteiger partial charge in [0.1, 0.15) is 11.6 Å². The third kappa shape index (κ3) is 2.86. The van der Waals surface area contributed by atoms with E-state index in [0.29, 0.717) is 18.5 Å². The lowest BCUT2D eigenvalue weighted by atomic mass is 9.85. The van der Waals surface area contributed by atoms with E-state index in [0.717, 1.165) is 36.2 Å². The minimum absolute atomic E-state index is 0.0256. The average Bonchev–Trinajstić information content (AvgIpc) is 2.99. The van der Waals surface area contributed by atoms with Gasteiger partial charge in [-0.25, -0.2) is 4.98 Å². The Morgan fingerprint density at radius 2 is 2.00 bits per heavy atom. The second-order valence-electron chi connectivity index (χ2n) is 7.88. The van der Waals surface area contributed by atoms with Crippen molar-refractivity contribution in [2.75, 3.05) is 25.0 Å². The van der Waals surface area contributed by atoms with Crippen molar-refractivity contribution < 1.29 is 0 Å². The number of hydrogen-bond acceptors (Lipinski definition) is 7. The van der Waals surface area contributed by atoms with Gasteiger partial charge in [-0.2, -0.15) is 4.52 Å². The van der Waals surface area contributed by atoms with Crippen molar-refractivity contribution in [2.45, 2.75) is 37.8 Å². The molecule has 9 heteroatoms. The van der Waals surface area contributed by atoms with Crippen LogP contribution in [0.25, 0.3) is 5.65 Å². The summed E-state index contributed by atoms with van der Waals surface area (Å²) in [4.78, 5) is 20.6. The van der Waals surface area contributed by atoms with Crippen molar-refractivity contribution in [3.05, 3.63) is 46.4 Å². The van der Waals surface area contributed by atoms with Crippen LogP contribution in [0.3, 0.4) is 0 Å². The predicted molar refractivity (Wildman–Crippen MR) is 104 cm³/mol. The van der Waals surface area contributed by atoms with E-state index in [1.165, 1.54) is 25.3 Å². The molecular formula is C19H24N8O. The van der Waals surface area contributed by atoms with Crippen LogP contribution in [-0.2, 0) is 13.6 Å². The first-order valence-electron chi connectivity index (χ1n) is 9.78. The fraction of sp³-hybridized carbons (Fsp3) is 0.526. The van der Waals surface area contributed by atoms with E-state index in [-0.39, 0.29) is 5.56 Å². The zero-order valence-electron chi connectivity index (χ0n) is 16.2. The van der Waals surface area contributed by atoms with Gasteiger partial charge in [-0.3, -0.25) is 14.3 Å². The van der Waals surface area contributed by atoms with Gasteiger partial charge >= 0.3 is 0 Å². The number of rotatable bonds is 5. The van der Waals surface area contributed by atoms with E-state index >= 15 is 0 Å². The molecule has 28 heavy (non-hydrogen) atoms. The third-order valence-electron chi connectivity index (χ3n) is 6.10. The number of likely N-dealkylation sites (N-methyl/N-ethyl adjacent to an activating group) is 1. The molecule has 1 saturated carbocycles. The highest BCUT2D eigenvalue weighted by Crippen LogP contribution is 2.35. The molecule has 0 radical (unpaired) electrons. The van der Waals surface area contributed by atoms with Crippen molar-refractivity contribution >= 4 is 11.5 Å². The highest BCUT2D eigenvalue weighted by atomic mass is 16.1. The van der Waals surface area contributed by atoms with Crippen LogP contribution < -0.4 is 10.5 Å². The first kappa shape index (κ1) is 17.3. The lowest BCUT2D eigenvalue weighted by molar-refractivity contribution is 0.190. The second-order valence-corrected chi connectivity index (χ2v) is 7.88. The molecule has 0 amide bonds. The van der Waals surface area contributed by atoms with E-state index in [9.17, 15) is 4.79 Å². The molecule has 2 fully saturated rings. The molecule has 146 valence electrons. The summed E-state index contributed by atoms with van der Waals surface area (Å²) in [7, 11) is 3.84. The number of hydrogen-bond donors (Lipinski definition) is 0. The Balaban J connectivity index is 1.27. The maximum atomic E-state index is 11.8. The van der Waals surface area contributed by atoms with Crippen molar-refractivity contribution in [3.63, 3.8) is 0 Å². The van der Waals surface area contributed by atoms with Crippen molar-refractivity contribution in [3.8, 4) is 0 Å². The number of anilines is 1. The van der Waals surface area contributed by atoms with Crippen LogP contribution in [0.2, 0.25) is 0 Å². The minimum atomic E-state index is -0.0256. The van der Waals surface area contributed by atoms with Crippen molar-refractivity contribution in [1.82, 2.24) is 34.3 Å². The molecule has 0 N–H and O–H groups in total. The van der Waals surface area contributed by atoms with Crippen molar-refractivity contribution in [1.29, 1.82) is 0 Å². The standard InChI is InChI=1S/C19H24N8O/c1-24(12-17-20-9-8-18(28)25(17)2)14-10-26(11-14)16-7-6-15-21-22-19(27(15)23-16)13-4-3-5-13/h6-9,13-14H,3-5,10-12H2,1-2H3. The predicted octanol–water partition coefficient (Wildman–Crippen LogP) is 0.806. The van der Waals surface area contributed by atoms with Gasteiger partial charge in [0, 0.05) is 44.4 Å². The van der Waals surface area contributed by atoms with E-state index in [1.54, 1.807) is 17.8 Å². The Morgan fingerprint density at radius 3 is 2.75 bits per heavy atom. The van der Waals surface area contributed by atoms with Gasteiger partial charge < -0.3 is 4.90 Å². The molecule has 9 nitrogen and oxygen atoms in total. The van der Waals surface area contributed by atoms with Gasteiger partial charge in [-0.1, -0.05) is 6.42 Å². The molecule has 0 atom stereocenters. The van der Waals surface area contributed by atoms with Crippen LogP contribution in [0.15, 0.2) is 29.2 Å². The van der Waals surface area contributed by atoms with E-state index in [2.05, 4.69) is 32.0 Å². The molecule has 0 bridgehead atoms. The van der Waals surface area contributed by atoms with Gasteiger partial charge in [0.15, 0.2) is 11.5 Å². The van der Waals surface area contributed by atoms with E-state index < -0.39 is 0 Å². The summed E-state index contributed by atoms with van der Waals surface area (Å²) in [5.41, 5.74) is 0.790. The summed E-state index contributed by atoms with van der Waals surface area (Å²) < 4.78 is 3.52. The fourth-order valence-corrected chi connectivity index (χ4v) is 3.82. The number of nitrogens with zero attached hydrogens (tertiary/aromatic N) is 8. The minimum Gasteiger partial charge on any atom is -0.352 e. The highest BCUT2D eigenvalue weighted by Gasteiger charge is 2.32. The molecule has 3 aromatic heterocycles. The van der Waals surface area contributed by atoms with Gasteiger partial charge in [-0.15, -0.1) is 15.3 Å². The largest absolute Gasteiger partial charge is 0.352 e. The second kappa shape index (κ2) is 6.66. The van der Waals surface area contributed by atoms with Crippen LogP contribution >= 0.6 is 0 Å². The van der Waals surface area contributed by atoms with E-state index in [1.807, 2.05) is 16.6 Å². The summed E-state index contributed by atoms with van der Waals surface area (Å²) >= 11 is 0. The summed E-state index contributed by atoms with van der Waals surface area (Å²) in [5.74, 6) is 3.23. The zero-order chi connectivity index (χ0) is 19.3. The molecule has 1 aliphatic carbocycles. The Kier molecular flexibility index (Phi) is 4.12. The van der Waals surface area contributed by atoms with Crippen LogP contribution in [0.5, 0.6) is 0 Å². The lowest BCUT2D eigenvalue weighted by Gasteiger charge is -2.44. The quantitative estimate of drug-likeness (QED) is 0.647. The third-order valence-corrected chi connectivity index (χ3v) is 6.10. The summed E-state index contributed by atoms with van der Waals surface area (Å²) in [6.45, 7) is 2.45. The Hall–Kier alpha value is -2.81. The number of fused-ring (bicyclic) bond motifs is 1. The molecule has 0 aromatic carbocycles. The zero-order valence-corrected chi connectivity index (χ0v) is 16.2. The van der Waals surface area contributed by atoms with Crippen LogP contribution in [0.1, 0.15) is 36.8 Å². The smallest absolute Gasteiger partial charge is 0.253 e. The van der Waals surface area contributed by atoms with E-state index in [4.69, 9.17) is 5.10 Å². The lowest BCUT2D eigenvalue weighted by Crippen LogP contribution is -2.58. The van der Waals surface area contributed by atoms with Crippen LogP contribution in [-0.4, -0.2) is 60.4 Å². The topological polar surface area (TPSA) is 84.5 Å². The van der Waals surface area contributed by atoms with Crippen molar-refractivity contribution in [2.24, 2.45) is 7.05 Å². The van der Waals surface area contributed by atoms with Gasteiger partial charge in [0.25, 0.3) is 5.56 Å². The molecule has 2 aliphatic rings. The molecule has 1 saturated heterocycles. The summed E-state index contributed by atoms with van der Waals surface area (Å²) in [6, 6.07) is 5.91. The number of aromatic nitrogens is 6. The van der Waals surface area contributed by atoms with Crippen LogP contribution in [0.4, 0.5) is 5.82 Å². The Bertz CT molecular complexity index is 1060.